The predicted octanol–water partition coefficient (Wildman–Crippen LogP) is 3.31. The van der Waals surface area contributed by atoms with E-state index < -0.39 is 12.5 Å². The standard InChI is InChI=1S/C23H28F2N6O/c1-14-8-20(30-7-6-29(3)18(12-30)22(24)25)28-21(9-14)31-13-23(4-5-23)16-11-26-19(10-17(16)31)27-15(2)32/h8-11,18,22H,4-7,12-13H2,1-3H3,(H,26,27,32). The number of likely N-dealkylation sites (N-methyl/N-ethyl adjacent to an activating group) is 1. The summed E-state index contributed by atoms with van der Waals surface area (Å²) in [6.45, 7) is 5.77. The first-order chi connectivity index (χ1) is 15.3. The molecule has 4 heterocycles. The monoisotopic (exact) mass is 442 g/mol. The van der Waals surface area contributed by atoms with Gasteiger partial charge in [0.1, 0.15) is 17.5 Å². The van der Waals surface area contributed by atoms with Gasteiger partial charge in [-0.1, -0.05) is 0 Å². The summed E-state index contributed by atoms with van der Waals surface area (Å²) >= 11 is 0. The van der Waals surface area contributed by atoms with Crippen LogP contribution in [0.2, 0.25) is 0 Å². The fourth-order valence-electron chi connectivity index (χ4n) is 4.89. The van der Waals surface area contributed by atoms with Crippen LogP contribution in [0.3, 0.4) is 0 Å². The Morgan fingerprint density at radius 3 is 2.66 bits per heavy atom. The SMILES string of the molecule is CC(=O)Nc1cc2c(cn1)C1(CC1)CN2c1cc(C)cc(N2CCN(C)C(C(F)F)C2)n1. The molecule has 2 aliphatic heterocycles. The third-order valence-electron chi connectivity index (χ3n) is 6.89. The molecule has 9 heteroatoms. The van der Waals surface area contributed by atoms with Crippen molar-refractivity contribution in [3.63, 3.8) is 0 Å². The zero-order valence-electron chi connectivity index (χ0n) is 18.6. The van der Waals surface area contributed by atoms with E-state index in [9.17, 15) is 13.6 Å². The number of rotatable bonds is 4. The van der Waals surface area contributed by atoms with Gasteiger partial charge in [0.25, 0.3) is 6.43 Å². The van der Waals surface area contributed by atoms with Crippen LogP contribution in [0.4, 0.5) is 31.9 Å². The van der Waals surface area contributed by atoms with Gasteiger partial charge in [0.05, 0.1) is 11.7 Å². The van der Waals surface area contributed by atoms with E-state index in [0.717, 1.165) is 42.3 Å². The van der Waals surface area contributed by atoms with Gasteiger partial charge in [0.15, 0.2) is 0 Å². The molecule has 2 fully saturated rings. The van der Waals surface area contributed by atoms with Crippen LogP contribution in [0.25, 0.3) is 0 Å². The highest BCUT2D eigenvalue weighted by atomic mass is 19.3. The Bertz CT molecular complexity index is 1060. The van der Waals surface area contributed by atoms with Crippen molar-refractivity contribution in [2.75, 3.05) is 48.3 Å². The lowest BCUT2D eigenvalue weighted by Crippen LogP contribution is -2.54. The van der Waals surface area contributed by atoms with E-state index in [4.69, 9.17) is 4.98 Å². The molecule has 1 saturated heterocycles. The number of fused-ring (bicyclic) bond motifs is 2. The van der Waals surface area contributed by atoms with Gasteiger partial charge < -0.3 is 15.1 Å². The highest BCUT2D eigenvalue weighted by Gasteiger charge is 2.52. The van der Waals surface area contributed by atoms with Crippen LogP contribution in [0.5, 0.6) is 0 Å². The summed E-state index contributed by atoms with van der Waals surface area (Å²) < 4.78 is 27.0. The third-order valence-corrected chi connectivity index (χ3v) is 6.89. The van der Waals surface area contributed by atoms with E-state index in [1.807, 2.05) is 36.2 Å². The molecule has 2 aromatic rings. The number of nitrogens with zero attached hydrogens (tertiary/aromatic N) is 5. The van der Waals surface area contributed by atoms with Crippen LogP contribution in [0, 0.1) is 6.92 Å². The van der Waals surface area contributed by atoms with Gasteiger partial charge in [-0.3, -0.25) is 9.69 Å². The lowest BCUT2D eigenvalue weighted by atomic mass is 10.0. The van der Waals surface area contributed by atoms with Gasteiger partial charge in [0, 0.05) is 56.3 Å². The van der Waals surface area contributed by atoms with Gasteiger partial charge in [-0.2, -0.15) is 0 Å². The first kappa shape index (κ1) is 21.1. The first-order valence-corrected chi connectivity index (χ1v) is 11.0. The summed E-state index contributed by atoms with van der Waals surface area (Å²) in [7, 11) is 1.75. The lowest BCUT2D eigenvalue weighted by molar-refractivity contribution is -0.114. The molecule has 170 valence electrons. The molecule has 0 radical (unpaired) electrons. The minimum absolute atomic E-state index is 0.0945. The van der Waals surface area contributed by atoms with Crippen LogP contribution in [0.1, 0.15) is 30.9 Å². The quantitative estimate of drug-likeness (QED) is 0.784. The van der Waals surface area contributed by atoms with E-state index >= 15 is 0 Å². The molecule has 0 bridgehead atoms. The summed E-state index contributed by atoms with van der Waals surface area (Å²) in [5, 5.41) is 2.77. The molecule has 1 N–H and O–H groups in total. The largest absolute Gasteiger partial charge is 0.353 e. The Hall–Kier alpha value is -2.81. The molecule has 1 saturated carbocycles. The zero-order valence-corrected chi connectivity index (χ0v) is 18.6. The van der Waals surface area contributed by atoms with E-state index in [0.29, 0.717) is 18.9 Å². The Morgan fingerprint density at radius 1 is 1.22 bits per heavy atom. The van der Waals surface area contributed by atoms with Crippen molar-refractivity contribution in [2.24, 2.45) is 0 Å². The van der Waals surface area contributed by atoms with Crippen LogP contribution in [-0.2, 0) is 10.2 Å². The van der Waals surface area contributed by atoms with E-state index in [-0.39, 0.29) is 17.9 Å². The maximum Gasteiger partial charge on any atom is 0.255 e. The number of carbonyl (C=O) groups excluding carboxylic acids is 1. The Labute approximate surface area is 186 Å². The van der Waals surface area contributed by atoms with Crippen molar-refractivity contribution in [3.05, 3.63) is 35.5 Å². The number of hydrogen-bond acceptors (Lipinski definition) is 6. The number of amides is 1. The number of anilines is 4. The number of carbonyl (C=O) groups is 1. The second kappa shape index (κ2) is 7.65. The molecule has 32 heavy (non-hydrogen) atoms. The van der Waals surface area contributed by atoms with Crippen LogP contribution in [-0.4, -0.2) is 66.5 Å². The molecule has 1 aliphatic carbocycles. The Kier molecular flexibility index (Phi) is 5.03. The average molecular weight is 443 g/mol. The van der Waals surface area contributed by atoms with Gasteiger partial charge in [-0.15, -0.1) is 0 Å². The topological polar surface area (TPSA) is 64.6 Å². The summed E-state index contributed by atoms with van der Waals surface area (Å²) in [5.41, 5.74) is 3.33. The van der Waals surface area contributed by atoms with Gasteiger partial charge in [-0.25, -0.2) is 18.7 Å². The third kappa shape index (κ3) is 3.68. The second-order valence-electron chi connectivity index (χ2n) is 9.32. The minimum atomic E-state index is -2.40. The molecule has 2 aromatic heterocycles. The van der Waals surface area contributed by atoms with Crippen molar-refractivity contribution in [2.45, 2.75) is 44.6 Å². The van der Waals surface area contributed by atoms with Gasteiger partial charge in [0.2, 0.25) is 5.91 Å². The van der Waals surface area contributed by atoms with Crippen molar-refractivity contribution < 1.29 is 13.6 Å². The van der Waals surface area contributed by atoms with E-state index in [1.54, 1.807) is 11.9 Å². The molecule has 3 aliphatic rings. The number of aromatic nitrogens is 2. The molecule has 5 rings (SSSR count). The second-order valence-corrected chi connectivity index (χ2v) is 9.32. The van der Waals surface area contributed by atoms with Crippen molar-refractivity contribution in [1.82, 2.24) is 14.9 Å². The Morgan fingerprint density at radius 2 is 1.97 bits per heavy atom. The molecule has 1 unspecified atom stereocenters. The molecule has 1 atom stereocenters. The smallest absolute Gasteiger partial charge is 0.255 e. The Balaban J connectivity index is 1.49. The fourth-order valence-corrected chi connectivity index (χ4v) is 4.89. The number of halogens is 2. The van der Waals surface area contributed by atoms with Crippen LogP contribution < -0.4 is 15.1 Å². The minimum Gasteiger partial charge on any atom is -0.353 e. The summed E-state index contributed by atoms with van der Waals surface area (Å²) in [6.07, 6.45) is 1.68. The van der Waals surface area contributed by atoms with Crippen LogP contribution >= 0.6 is 0 Å². The number of alkyl halides is 2. The number of hydrogen-bond donors (Lipinski definition) is 1. The molecular weight excluding hydrogens is 414 g/mol. The maximum atomic E-state index is 13.5. The van der Waals surface area contributed by atoms with Gasteiger partial charge >= 0.3 is 0 Å². The zero-order chi connectivity index (χ0) is 22.6. The molecule has 7 nitrogen and oxygen atoms in total. The lowest BCUT2D eigenvalue weighted by Gasteiger charge is -2.39. The van der Waals surface area contributed by atoms with E-state index in [1.165, 1.54) is 12.5 Å². The number of piperazine rings is 1. The molecule has 1 spiro atoms. The average Bonchev–Trinajstić information content (AvgIpc) is 3.44. The molecular formula is C23H28F2N6O. The maximum absolute atomic E-state index is 13.5. The van der Waals surface area contributed by atoms with Crippen LogP contribution in [0.15, 0.2) is 24.4 Å². The van der Waals surface area contributed by atoms with E-state index in [2.05, 4.69) is 15.2 Å². The summed E-state index contributed by atoms with van der Waals surface area (Å²) in [4.78, 5) is 26.8. The summed E-state index contributed by atoms with van der Waals surface area (Å²) in [6, 6.07) is 5.11. The van der Waals surface area contributed by atoms with Crippen molar-refractivity contribution in [1.29, 1.82) is 0 Å². The normalized spacial score (nSPS) is 21.9. The van der Waals surface area contributed by atoms with Crippen molar-refractivity contribution >= 4 is 29.0 Å². The fraction of sp³-hybridized carbons (Fsp3) is 0.522. The number of aryl methyl sites for hydroxylation is 1. The number of nitrogens with one attached hydrogen (secondary N) is 1. The number of pyridine rings is 2. The molecule has 1 amide bonds. The van der Waals surface area contributed by atoms with Crippen molar-refractivity contribution in [3.8, 4) is 0 Å². The molecule has 0 aromatic carbocycles. The summed E-state index contributed by atoms with van der Waals surface area (Å²) in [5.74, 6) is 1.89. The van der Waals surface area contributed by atoms with Gasteiger partial charge in [-0.05, 0) is 44.5 Å². The highest BCUT2D eigenvalue weighted by molar-refractivity contribution is 5.89. The highest BCUT2D eigenvalue weighted by Crippen LogP contribution is 2.58. The predicted molar refractivity (Wildman–Crippen MR) is 120 cm³/mol. The first-order valence-electron chi connectivity index (χ1n) is 11.0.